The number of aromatic amines is 1. The molecule has 0 bridgehead atoms. The molecule has 0 aliphatic rings. The third kappa shape index (κ3) is 4.08. The summed E-state index contributed by atoms with van der Waals surface area (Å²) in [5.41, 5.74) is 2.71. The topological polar surface area (TPSA) is 95.6 Å². The zero-order valence-electron chi connectivity index (χ0n) is 16.1. The van der Waals surface area contributed by atoms with Crippen LogP contribution in [0.15, 0.2) is 48.2 Å². The van der Waals surface area contributed by atoms with Crippen LogP contribution in [0.5, 0.6) is 11.5 Å². The van der Waals surface area contributed by atoms with E-state index < -0.39 is 0 Å². The molecule has 0 amide bonds. The molecule has 0 aliphatic carbocycles. The number of nitrogens with zero attached hydrogens (tertiary/aromatic N) is 2. The lowest BCUT2D eigenvalue weighted by Gasteiger charge is -2.16. The second kappa shape index (κ2) is 8.46. The van der Waals surface area contributed by atoms with Gasteiger partial charge in [0, 0.05) is 11.6 Å². The number of aromatic nitrogens is 2. The largest absolute Gasteiger partial charge is 0.506 e. The summed E-state index contributed by atoms with van der Waals surface area (Å²) in [5, 5.41) is 20.1. The molecule has 3 aromatic rings. The SMILES string of the molecule is COc1ccc(C[NH+](C)C/C(O)=C(\C#N)c2nc3ccccc3[nH]2)c(OC)c1. The Balaban J connectivity index is 1.80. The molecule has 28 heavy (non-hydrogen) atoms. The second-order valence-electron chi connectivity index (χ2n) is 6.52. The summed E-state index contributed by atoms with van der Waals surface area (Å²) >= 11 is 0. The Morgan fingerprint density at radius 3 is 2.68 bits per heavy atom. The minimum absolute atomic E-state index is 0.00784. The van der Waals surface area contributed by atoms with Gasteiger partial charge in [-0.2, -0.15) is 5.26 Å². The van der Waals surface area contributed by atoms with Gasteiger partial charge in [0.15, 0.2) is 11.6 Å². The Bertz CT molecular complexity index is 1020. The summed E-state index contributed by atoms with van der Waals surface area (Å²) in [6, 6.07) is 15.2. The van der Waals surface area contributed by atoms with E-state index in [-0.39, 0.29) is 17.9 Å². The number of hydrogen-bond donors (Lipinski definition) is 3. The molecular formula is C21H23N4O3+. The lowest BCUT2D eigenvalue weighted by molar-refractivity contribution is -0.890. The first-order valence-electron chi connectivity index (χ1n) is 8.85. The smallest absolute Gasteiger partial charge is 0.169 e. The second-order valence-corrected chi connectivity index (χ2v) is 6.52. The molecule has 2 aromatic carbocycles. The van der Waals surface area contributed by atoms with Crippen LogP contribution in [0.3, 0.4) is 0 Å². The maximum absolute atomic E-state index is 10.6. The van der Waals surface area contributed by atoms with Gasteiger partial charge in [0.05, 0.1) is 32.3 Å². The van der Waals surface area contributed by atoms with Gasteiger partial charge in [0.2, 0.25) is 0 Å². The molecule has 0 fully saturated rings. The third-order valence-corrected chi connectivity index (χ3v) is 4.48. The van der Waals surface area contributed by atoms with Gasteiger partial charge in [0.25, 0.3) is 0 Å². The molecule has 144 valence electrons. The van der Waals surface area contributed by atoms with Crippen molar-refractivity contribution in [1.29, 1.82) is 5.26 Å². The molecule has 1 atom stereocenters. The molecule has 1 aromatic heterocycles. The number of H-pyrrole nitrogens is 1. The minimum Gasteiger partial charge on any atom is -0.506 e. The molecule has 0 radical (unpaired) electrons. The van der Waals surface area contributed by atoms with Gasteiger partial charge in [-0.3, -0.25) is 0 Å². The van der Waals surface area contributed by atoms with Crippen molar-refractivity contribution < 1.29 is 19.5 Å². The zero-order chi connectivity index (χ0) is 20.1. The van der Waals surface area contributed by atoms with E-state index in [9.17, 15) is 10.4 Å². The molecule has 7 heteroatoms. The van der Waals surface area contributed by atoms with Gasteiger partial charge in [-0.1, -0.05) is 12.1 Å². The number of ether oxygens (including phenoxy) is 2. The summed E-state index contributed by atoms with van der Waals surface area (Å²) in [6.07, 6.45) is 0. The fourth-order valence-corrected chi connectivity index (χ4v) is 3.09. The minimum atomic E-state index is -0.00784. The number of quaternary nitrogens is 1. The first-order chi connectivity index (χ1) is 13.5. The van der Waals surface area contributed by atoms with Gasteiger partial charge < -0.3 is 24.5 Å². The highest BCUT2D eigenvalue weighted by Crippen LogP contribution is 2.24. The molecule has 3 N–H and O–H groups in total. The maximum Gasteiger partial charge on any atom is 0.169 e. The number of methoxy groups -OCH3 is 2. The Morgan fingerprint density at radius 2 is 2.00 bits per heavy atom. The first kappa shape index (κ1) is 19.3. The fraction of sp³-hybridized carbons (Fsp3) is 0.238. The summed E-state index contributed by atoms with van der Waals surface area (Å²) in [5.74, 6) is 1.81. The number of aliphatic hydroxyl groups excluding tert-OH is 1. The summed E-state index contributed by atoms with van der Waals surface area (Å²) < 4.78 is 10.7. The number of likely N-dealkylation sites (N-methyl/N-ethyl adjacent to an activating group) is 1. The molecule has 7 nitrogen and oxygen atoms in total. The van der Waals surface area contributed by atoms with Crippen molar-refractivity contribution in [3.05, 3.63) is 59.6 Å². The van der Waals surface area contributed by atoms with E-state index in [2.05, 4.69) is 16.0 Å². The van der Waals surface area contributed by atoms with Crippen LogP contribution in [0, 0.1) is 11.3 Å². The quantitative estimate of drug-likeness (QED) is 0.432. The normalized spacial score (nSPS) is 12.9. The predicted molar refractivity (Wildman–Crippen MR) is 106 cm³/mol. The monoisotopic (exact) mass is 379 g/mol. The van der Waals surface area contributed by atoms with Crippen LogP contribution < -0.4 is 14.4 Å². The van der Waals surface area contributed by atoms with E-state index in [1.807, 2.05) is 49.5 Å². The summed E-state index contributed by atoms with van der Waals surface area (Å²) in [4.78, 5) is 8.48. The maximum atomic E-state index is 10.6. The van der Waals surface area contributed by atoms with Crippen molar-refractivity contribution in [2.24, 2.45) is 0 Å². The number of benzene rings is 2. The Hall–Kier alpha value is -3.50. The van der Waals surface area contributed by atoms with Gasteiger partial charge in [-0.15, -0.1) is 0 Å². The van der Waals surface area contributed by atoms with Crippen LogP contribution in [0.25, 0.3) is 16.6 Å². The Kier molecular flexibility index (Phi) is 5.82. The average Bonchev–Trinajstić information content (AvgIpc) is 3.12. The fourth-order valence-electron chi connectivity index (χ4n) is 3.09. The van der Waals surface area contributed by atoms with E-state index in [0.29, 0.717) is 12.4 Å². The lowest BCUT2D eigenvalue weighted by Crippen LogP contribution is -3.07. The van der Waals surface area contributed by atoms with Crippen molar-refractivity contribution in [3.63, 3.8) is 0 Å². The highest BCUT2D eigenvalue weighted by molar-refractivity contribution is 5.82. The Morgan fingerprint density at radius 1 is 1.21 bits per heavy atom. The molecule has 1 unspecified atom stereocenters. The summed E-state index contributed by atoms with van der Waals surface area (Å²) in [6.45, 7) is 0.880. The first-order valence-corrected chi connectivity index (χ1v) is 8.85. The number of nitriles is 1. The van der Waals surface area contributed by atoms with Crippen LogP contribution in [0.2, 0.25) is 0 Å². The molecule has 0 aliphatic heterocycles. The number of allylic oxidation sites excluding steroid dienone is 1. The van der Waals surface area contributed by atoms with Gasteiger partial charge >= 0.3 is 0 Å². The van der Waals surface area contributed by atoms with E-state index in [1.165, 1.54) is 0 Å². The Labute approximate surface area is 163 Å². The molecule has 1 heterocycles. The van der Waals surface area contributed by atoms with Gasteiger partial charge in [-0.05, 0) is 24.3 Å². The predicted octanol–water partition coefficient (Wildman–Crippen LogP) is 2.09. The summed E-state index contributed by atoms with van der Waals surface area (Å²) in [7, 11) is 5.16. The van der Waals surface area contributed by atoms with Gasteiger partial charge in [-0.25, -0.2) is 4.98 Å². The van der Waals surface area contributed by atoms with Crippen LogP contribution in [-0.4, -0.2) is 42.9 Å². The number of aliphatic hydroxyl groups is 1. The van der Waals surface area contributed by atoms with Gasteiger partial charge in [0.1, 0.15) is 36.2 Å². The van der Waals surface area contributed by atoms with E-state index in [1.54, 1.807) is 14.2 Å². The number of rotatable bonds is 7. The number of hydrogen-bond acceptors (Lipinski definition) is 5. The van der Waals surface area contributed by atoms with Crippen LogP contribution in [0.4, 0.5) is 0 Å². The van der Waals surface area contributed by atoms with E-state index in [0.717, 1.165) is 33.0 Å². The zero-order valence-corrected chi connectivity index (χ0v) is 16.1. The number of nitrogens with one attached hydrogen (secondary N) is 2. The van der Waals surface area contributed by atoms with Crippen molar-refractivity contribution in [3.8, 4) is 17.6 Å². The molecule has 0 saturated heterocycles. The van der Waals surface area contributed by atoms with Crippen molar-refractivity contribution in [2.45, 2.75) is 6.54 Å². The molecular weight excluding hydrogens is 356 g/mol. The highest BCUT2D eigenvalue weighted by atomic mass is 16.5. The average molecular weight is 379 g/mol. The number of imidazole rings is 1. The molecule has 0 saturated carbocycles. The lowest BCUT2D eigenvalue weighted by atomic mass is 10.1. The van der Waals surface area contributed by atoms with E-state index >= 15 is 0 Å². The third-order valence-electron chi connectivity index (χ3n) is 4.48. The molecule has 3 rings (SSSR count). The number of fused-ring (bicyclic) bond motifs is 1. The van der Waals surface area contributed by atoms with Crippen LogP contribution >= 0.6 is 0 Å². The van der Waals surface area contributed by atoms with Crippen molar-refractivity contribution in [2.75, 3.05) is 27.8 Å². The molecule has 0 spiro atoms. The highest BCUT2D eigenvalue weighted by Gasteiger charge is 2.18. The number of para-hydroxylation sites is 2. The van der Waals surface area contributed by atoms with Crippen LogP contribution in [0.1, 0.15) is 11.4 Å². The standard InChI is InChI=1S/C21H22N4O3/c1-25(12-14-8-9-15(27-2)10-20(14)28-3)13-19(26)16(11-22)21-23-17-6-4-5-7-18(17)24-21/h4-10,26H,12-13H2,1-3H3,(H,23,24)/p+1/b19-16-. The van der Waals surface area contributed by atoms with Crippen LogP contribution in [-0.2, 0) is 6.54 Å². The van der Waals surface area contributed by atoms with Crippen molar-refractivity contribution >= 4 is 16.6 Å². The van der Waals surface area contributed by atoms with E-state index in [4.69, 9.17) is 9.47 Å². The van der Waals surface area contributed by atoms with Crippen molar-refractivity contribution in [1.82, 2.24) is 9.97 Å².